The van der Waals surface area contributed by atoms with E-state index in [9.17, 15) is 9.59 Å². The third-order valence-corrected chi connectivity index (χ3v) is 3.85. The quantitative estimate of drug-likeness (QED) is 0.657. The first-order valence-electron chi connectivity index (χ1n) is 6.07. The van der Waals surface area contributed by atoms with Crippen molar-refractivity contribution in [2.75, 3.05) is 0 Å². The van der Waals surface area contributed by atoms with E-state index in [1.54, 1.807) is 6.07 Å². The molecule has 0 saturated heterocycles. The van der Waals surface area contributed by atoms with Crippen LogP contribution in [0.2, 0.25) is 0 Å². The molecule has 2 aromatic rings. The third-order valence-electron chi connectivity index (χ3n) is 3.85. The van der Waals surface area contributed by atoms with Crippen LogP contribution < -0.4 is 0 Å². The topological polar surface area (TPSA) is 34.1 Å². The van der Waals surface area contributed by atoms with Gasteiger partial charge in [0.25, 0.3) is 0 Å². The fourth-order valence-corrected chi connectivity index (χ4v) is 3.03. The SMILES string of the molecule is O=C1Cc2ccc3c4c(ccc(c24)C1=O)C=CC3. The van der Waals surface area contributed by atoms with Crippen LogP contribution in [-0.4, -0.2) is 11.6 Å². The number of hydrogen-bond acceptors (Lipinski definition) is 2. The molecule has 18 heavy (non-hydrogen) atoms. The first kappa shape index (κ1) is 9.77. The van der Waals surface area contributed by atoms with Gasteiger partial charge in [0.05, 0.1) is 0 Å². The Hall–Kier alpha value is -2.22. The lowest BCUT2D eigenvalue weighted by atomic mass is 9.81. The summed E-state index contributed by atoms with van der Waals surface area (Å²) in [5.74, 6) is -0.627. The van der Waals surface area contributed by atoms with Crippen molar-refractivity contribution in [3.63, 3.8) is 0 Å². The molecule has 0 aliphatic heterocycles. The summed E-state index contributed by atoms with van der Waals surface area (Å²) in [4.78, 5) is 23.7. The first-order chi connectivity index (χ1) is 8.75. The molecule has 0 aromatic heterocycles. The molecule has 0 bridgehead atoms. The van der Waals surface area contributed by atoms with Crippen molar-refractivity contribution in [2.24, 2.45) is 0 Å². The van der Waals surface area contributed by atoms with Crippen LogP contribution in [0.1, 0.15) is 27.0 Å². The number of Topliss-reactive ketones (excluding diaryl/α,β-unsaturated/α-hetero) is 2. The van der Waals surface area contributed by atoms with Crippen LogP contribution in [0.25, 0.3) is 16.8 Å². The zero-order chi connectivity index (χ0) is 12.3. The van der Waals surface area contributed by atoms with Crippen LogP contribution >= 0.6 is 0 Å². The van der Waals surface area contributed by atoms with Crippen LogP contribution in [0, 0.1) is 0 Å². The third kappa shape index (κ3) is 1.07. The monoisotopic (exact) mass is 234 g/mol. The summed E-state index contributed by atoms with van der Waals surface area (Å²) >= 11 is 0. The molecule has 86 valence electrons. The van der Waals surface area contributed by atoms with Crippen LogP contribution in [0.3, 0.4) is 0 Å². The van der Waals surface area contributed by atoms with E-state index in [1.165, 1.54) is 5.56 Å². The zero-order valence-electron chi connectivity index (χ0n) is 9.69. The van der Waals surface area contributed by atoms with Gasteiger partial charge in [0.2, 0.25) is 11.6 Å². The van der Waals surface area contributed by atoms with Crippen molar-refractivity contribution in [2.45, 2.75) is 12.8 Å². The van der Waals surface area contributed by atoms with Gasteiger partial charge in [-0.3, -0.25) is 9.59 Å². The molecule has 2 aliphatic rings. The van der Waals surface area contributed by atoms with Crippen LogP contribution in [0.4, 0.5) is 0 Å². The lowest BCUT2D eigenvalue weighted by molar-refractivity contribution is -0.114. The summed E-state index contributed by atoms with van der Waals surface area (Å²) in [6, 6.07) is 7.81. The number of rotatable bonds is 0. The molecule has 2 aromatic carbocycles. The van der Waals surface area contributed by atoms with Gasteiger partial charge in [0, 0.05) is 12.0 Å². The standard InChI is InChI=1S/C16H10O2/c17-13-8-11-5-4-9-2-1-3-10-6-7-12(16(13)18)15(11)14(9)10/h1,3-7H,2,8H2. The molecule has 2 heteroatoms. The lowest BCUT2D eigenvalue weighted by Gasteiger charge is -2.20. The normalized spacial score (nSPS) is 16.4. The van der Waals surface area contributed by atoms with E-state index in [0.29, 0.717) is 5.56 Å². The molecule has 0 N–H and O–H groups in total. The largest absolute Gasteiger partial charge is 0.290 e. The van der Waals surface area contributed by atoms with Gasteiger partial charge < -0.3 is 0 Å². The molecule has 0 saturated carbocycles. The first-order valence-corrected chi connectivity index (χ1v) is 6.07. The highest BCUT2D eigenvalue weighted by atomic mass is 16.2. The average Bonchev–Trinajstić information content (AvgIpc) is 2.40. The smallest absolute Gasteiger partial charge is 0.229 e. The van der Waals surface area contributed by atoms with Crippen molar-refractivity contribution in [1.29, 1.82) is 0 Å². The van der Waals surface area contributed by atoms with Crippen molar-refractivity contribution < 1.29 is 9.59 Å². The van der Waals surface area contributed by atoms with Gasteiger partial charge in [-0.1, -0.05) is 30.4 Å². The molecule has 0 fully saturated rings. The minimum absolute atomic E-state index is 0.246. The highest BCUT2D eigenvalue weighted by Gasteiger charge is 2.28. The molecule has 4 rings (SSSR count). The second kappa shape index (κ2) is 3.16. The summed E-state index contributed by atoms with van der Waals surface area (Å²) in [7, 11) is 0. The minimum Gasteiger partial charge on any atom is -0.290 e. The zero-order valence-corrected chi connectivity index (χ0v) is 9.69. The molecule has 2 nitrogen and oxygen atoms in total. The Morgan fingerprint density at radius 2 is 1.72 bits per heavy atom. The molecular formula is C16H10O2. The molecule has 0 unspecified atom stereocenters. The van der Waals surface area contributed by atoms with Gasteiger partial charge in [-0.2, -0.15) is 0 Å². The van der Waals surface area contributed by atoms with E-state index in [0.717, 1.165) is 28.3 Å². The van der Waals surface area contributed by atoms with Gasteiger partial charge in [0.1, 0.15) is 0 Å². The van der Waals surface area contributed by atoms with E-state index in [4.69, 9.17) is 0 Å². The predicted octanol–water partition coefficient (Wildman–Crippen LogP) is 2.72. The highest BCUT2D eigenvalue weighted by molar-refractivity contribution is 6.48. The van der Waals surface area contributed by atoms with Gasteiger partial charge in [-0.05, 0) is 39.9 Å². The number of carbonyl (C=O) groups excluding carboxylic acids is 2. The molecule has 0 spiro atoms. The molecule has 0 amide bonds. The van der Waals surface area contributed by atoms with Crippen molar-refractivity contribution in [3.05, 3.63) is 52.6 Å². The number of ketones is 2. The number of carbonyl (C=O) groups is 2. The van der Waals surface area contributed by atoms with Gasteiger partial charge >= 0.3 is 0 Å². The van der Waals surface area contributed by atoms with Gasteiger partial charge in [-0.25, -0.2) is 0 Å². The average molecular weight is 234 g/mol. The Morgan fingerprint density at radius 3 is 2.61 bits per heavy atom. The summed E-state index contributed by atoms with van der Waals surface area (Å²) in [5, 5.41) is 2.16. The van der Waals surface area contributed by atoms with Crippen molar-refractivity contribution >= 4 is 28.4 Å². The van der Waals surface area contributed by atoms with E-state index in [2.05, 4.69) is 18.2 Å². The fourth-order valence-electron chi connectivity index (χ4n) is 3.03. The van der Waals surface area contributed by atoms with Crippen LogP contribution in [-0.2, 0) is 17.6 Å². The highest BCUT2D eigenvalue weighted by Crippen LogP contribution is 2.35. The van der Waals surface area contributed by atoms with Crippen molar-refractivity contribution in [3.8, 4) is 0 Å². The Labute approximate surface area is 104 Å². The summed E-state index contributed by atoms with van der Waals surface area (Å²) in [6.45, 7) is 0. The summed E-state index contributed by atoms with van der Waals surface area (Å²) in [5.41, 5.74) is 3.97. The maximum Gasteiger partial charge on any atom is 0.229 e. The molecular weight excluding hydrogens is 224 g/mol. The summed E-state index contributed by atoms with van der Waals surface area (Å²) in [6.07, 6.45) is 5.37. The predicted molar refractivity (Wildman–Crippen MR) is 69.7 cm³/mol. The fraction of sp³-hybridized carbons (Fsp3) is 0.125. The molecule has 0 heterocycles. The molecule has 0 atom stereocenters. The van der Waals surface area contributed by atoms with Gasteiger partial charge in [-0.15, -0.1) is 0 Å². The molecule has 0 radical (unpaired) electrons. The Balaban J connectivity index is 2.24. The maximum atomic E-state index is 12.0. The second-order valence-corrected chi connectivity index (χ2v) is 4.87. The number of hydrogen-bond donors (Lipinski definition) is 0. The van der Waals surface area contributed by atoms with E-state index in [1.807, 2.05) is 12.1 Å². The Kier molecular flexibility index (Phi) is 1.72. The van der Waals surface area contributed by atoms with E-state index >= 15 is 0 Å². The summed E-state index contributed by atoms with van der Waals surface area (Å²) < 4.78 is 0. The maximum absolute atomic E-state index is 12.0. The van der Waals surface area contributed by atoms with Gasteiger partial charge in [0.15, 0.2) is 0 Å². The minimum atomic E-state index is -0.333. The van der Waals surface area contributed by atoms with E-state index < -0.39 is 0 Å². The Bertz CT molecular complexity index is 766. The lowest BCUT2D eigenvalue weighted by Crippen LogP contribution is -2.22. The number of allylic oxidation sites excluding steroid dienone is 1. The van der Waals surface area contributed by atoms with E-state index in [-0.39, 0.29) is 18.0 Å². The Morgan fingerprint density at radius 1 is 0.889 bits per heavy atom. The van der Waals surface area contributed by atoms with Crippen LogP contribution in [0.15, 0.2) is 30.3 Å². The second-order valence-electron chi connectivity index (χ2n) is 4.87. The van der Waals surface area contributed by atoms with Crippen LogP contribution in [0.5, 0.6) is 0 Å². The molecule has 2 aliphatic carbocycles. The van der Waals surface area contributed by atoms with Crippen molar-refractivity contribution in [1.82, 2.24) is 0 Å². The number of benzene rings is 2.